The van der Waals surface area contributed by atoms with Gasteiger partial charge < -0.3 is 10.2 Å². The largest absolute Gasteiger partial charge is 0.411 e. The van der Waals surface area contributed by atoms with E-state index in [1.807, 2.05) is 0 Å². The molecule has 5 heteroatoms. The lowest BCUT2D eigenvalue weighted by Crippen LogP contribution is -1.78. The van der Waals surface area contributed by atoms with Crippen molar-refractivity contribution in [2.75, 3.05) is 0 Å². The van der Waals surface area contributed by atoms with Crippen molar-refractivity contribution in [2.24, 2.45) is 5.16 Å². The first-order valence-corrected chi connectivity index (χ1v) is 3.99. The van der Waals surface area contributed by atoms with Crippen molar-refractivity contribution in [3.8, 4) is 0 Å². The van der Waals surface area contributed by atoms with E-state index in [0.29, 0.717) is 5.02 Å². The van der Waals surface area contributed by atoms with E-state index >= 15 is 0 Å². The molecule has 0 spiro atoms. The molecule has 2 rings (SSSR count). The lowest BCUT2D eigenvalue weighted by molar-refractivity contribution is 0.322. The molecular weight excluding hydrogens is 190 g/mol. The second kappa shape index (κ2) is 3.06. The van der Waals surface area contributed by atoms with Gasteiger partial charge in [-0.25, -0.2) is 4.98 Å². The molecule has 0 atom stereocenters. The van der Waals surface area contributed by atoms with Crippen molar-refractivity contribution in [3.05, 3.63) is 29.0 Å². The molecule has 0 amide bonds. The summed E-state index contributed by atoms with van der Waals surface area (Å²) in [5, 5.41) is 12.7. The van der Waals surface area contributed by atoms with E-state index in [0.717, 1.165) is 16.6 Å². The zero-order chi connectivity index (χ0) is 9.26. The third-order valence-electron chi connectivity index (χ3n) is 1.73. The molecule has 0 radical (unpaired) electrons. The maximum Gasteiger partial charge on any atom is 0.138 e. The zero-order valence-corrected chi connectivity index (χ0v) is 7.28. The summed E-state index contributed by atoms with van der Waals surface area (Å²) < 4.78 is 0. The van der Waals surface area contributed by atoms with Crippen LogP contribution in [-0.2, 0) is 0 Å². The van der Waals surface area contributed by atoms with Crippen molar-refractivity contribution < 1.29 is 5.21 Å². The Bertz CT molecular complexity index is 463. The number of hydrogen-bond acceptors (Lipinski definition) is 3. The van der Waals surface area contributed by atoms with Gasteiger partial charge in [-0.15, -0.1) is 0 Å². The summed E-state index contributed by atoms with van der Waals surface area (Å²) in [5.41, 5.74) is 1.48. The minimum atomic E-state index is 0.555. The van der Waals surface area contributed by atoms with E-state index in [2.05, 4.69) is 15.1 Å². The Balaban J connectivity index is 2.71. The molecule has 2 aromatic heterocycles. The predicted molar refractivity (Wildman–Crippen MR) is 50.5 cm³/mol. The first kappa shape index (κ1) is 8.07. The number of pyridine rings is 1. The average Bonchev–Trinajstić information content (AvgIpc) is 2.49. The van der Waals surface area contributed by atoms with Crippen LogP contribution in [-0.4, -0.2) is 21.4 Å². The minimum Gasteiger partial charge on any atom is -0.411 e. The van der Waals surface area contributed by atoms with Gasteiger partial charge >= 0.3 is 0 Å². The second-order valence-corrected chi connectivity index (χ2v) is 2.97. The zero-order valence-electron chi connectivity index (χ0n) is 6.53. The van der Waals surface area contributed by atoms with E-state index in [1.165, 1.54) is 6.21 Å². The van der Waals surface area contributed by atoms with Crippen LogP contribution >= 0.6 is 11.6 Å². The molecule has 0 saturated carbocycles. The van der Waals surface area contributed by atoms with Gasteiger partial charge in [0.2, 0.25) is 0 Å². The monoisotopic (exact) mass is 195 g/mol. The van der Waals surface area contributed by atoms with Gasteiger partial charge in [0, 0.05) is 23.3 Å². The van der Waals surface area contributed by atoms with Crippen LogP contribution in [0.1, 0.15) is 5.56 Å². The van der Waals surface area contributed by atoms with Crippen LogP contribution in [0.25, 0.3) is 11.0 Å². The average molecular weight is 196 g/mol. The van der Waals surface area contributed by atoms with Crippen LogP contribution in [0.5, 0.6) is 0 Å². The molecule has 0 bridgehead atoms. The molecule has 0 unspecified atom stereocenters. The summed E-state index contributed by atoms with van der Waals surface area (Å²) in [7, 11) is 0. The molecule has 0 aliphatic heterocycles. The van der Waals surface area contributed by atoms with Crippen LogP contribution in [0.2, 0.25) is 5.02 Å². The number of hydrogen-bond donors (Lipinski definition) is 2. The summed E-state index contributed by atoms with van der Waals surface area (Å²) in [5.74, 6) is 0. The van der Waals surface area contributed by atoms with Crippen LogP contribution in [0.3, 0.4) is 0 Å². The van der Waals surface area contributed by atoms with Crippen molar-refractivity contribution in [2.45, 2.75) is 0 Å². The molecule has 0 aliphatic rings. The molecule has 0 fully saturated rings. The Morgan fingerprint density at radius 3 is 3.23 bits per heavy atom. The maximum absolute atomic E-state index is 8.37. The Morgan fingerprint density at radius 2 is 2.46 bits per heavy atom. The van der Waals surface area contributed by atoms with Gasteiger partial charge in [0.25, 0.3) is 0 Å². The topological polar surface area (TPSA) is 61.3 Å². The molecule has 2 N–H and O–H groups in total. The number of rotatable bonds is 1. The minimum absolute atomic E-state index is 0.555. The summed E-state index contributed by atoms with van der Waals surface area (Å²) in [6, 6.07) is 1.76. The Kier molecular flexibility index (Phi) is 1.90. The number of oxime groups is 1. The number of halogens is 1. The quantitative estimate of drug-likeness (QED) is 0.416. The third kappa shape index (κ3) is 1.36. The third-order valence-corrected chi connectivity index (χ3v) is 1.93. The Morgan fingerprint density at radius 1 is 1.62 bits per heavy atom. The number of H-pyrrole nitrogens is 1. The molecule has 2 aromatic rings. The van der Waals surface area contributed by atoms with E-state index in [9.17, 15) is 0 Å². The van der Waals surface area contributed by atoms with Crippen LogP contribution < -0.4 is 0 Å². The first-order chi connectivity index (χ1) is 6.31. The molecular formula is C8H6ClN3O. The number of aromatic amines is 1. The number of aromatic nitrogens is 2. The Hall–Kier alpha value is -1.55. The summed E-state index contributed by atoms with van der Waals surface area (Å²) in [6.45, 7) is 0. The molecule has 13 heavy (non-hydrogen) atoms. The van der Waals surface area contributed by atoms with Gasteiger partial charge in [-0.2, -0.15) is 0 Å². The van der Waals surface area contributed by atoms with Gasteiger partial charge in [0.1, 0.15) is 5.65 Å². The van der Waals surface area contributed by atoms with Crippen LogP contribution in [0.15, 0.2) is 23.6 Å². The normalized spacial score (nSPS) is 11.5. The summed E-state index contributed by atoms with van der Waals surface area (Å²) in [4.78, 5) is 6.98. The second-order valence-electron chi connectivity index (χ2n) is 2.54. The lowest BCUT2D eigenvalue weighted by atomic mass is 10.2. The number of nitrogens with zero attached hydrogens (tertiary/aromatic N) is 2. The van der Waals surface area contributed by atoms with E-state index < -0.39 is 0 Å². The fourth-order valence-corrected chi connectivity index (χ4v) is 1.33. The smallest absolute Gasteiger partial charge is 0.138 e. The highest BCUT2D eigenvalue weighted by Crippen LogP contribution is 2.18. The van der Waals surface area contributed by atoms with E-state index in [4.69, 9.17) is 16.8 Å². The van der Waals surface area contributed by atoms with Gasteiger partial charge in [-0.3, -0.25) is 0 Å². The maximum atomic E-state index is 8.37. The molecule has 66 valence electrons. The van der Waals surface area contributed by atoms with Gasteiger partial charge in [-0.05, 0) is 6.07 Å². The standard InChI is InChI=1S/C8H6ClN3O/c9-6-1-7-5(3-12-13)2-10-8(7)11-4-6/h1-4,13H,(H,10,11). The Labute approximate surface area is 78.9 Å². The van der Waals surface area contributed by atoms with Crippen molar-refractivity contribution >= 4 is 28.8 Å². The predicted octanol–water partition coefficient (Wildman–Crippen LogP) is 2.02. The fourth-order valence-electron chi connectivity index (χ4n) is 1.17. The molecule has 2 heterocycles. The van der Waals surface area contributed by atoms with E-state index in [1.54, 1.807) is 18.5 Å². The SMILES string of the molecule is ON=Cc1c[nH]c2ncc(Cl)cc12. The van der Waals surface area contributed by atoms with Crippen molar-refractivity contribution in [1.29, 1.82) is 0 Å². The highest BCUT2D eigenvalue weighted by Gasteiger charge is 2.02. The van der Waals surface area contributed by atoms with Gasteiger partial charge in [0.05, 0.1) is 11.2 Å². The summed E-state index contributed by atoms with van der Waals surface area (Å²) in [6.07, 6.45) is 4.59. The molecule has 0 aromatic carbocycles. The molecule has 4 nitrogen and oxygen atoms in total. The lowest BCUT2D eigenvalue weighted by Gasteiger charge is -1.90. The van der Waals surface area contributed by atoms with Crippen LogP contribution in [0.4, 0.5) is 0 Å². The first-order valence-electron chi connectivity index (χ1n) is 3.61. The fraction of sp³-hybridized carbons (Fsp3) is 0. The number of fused-ring (bicyclic) bond motifs is 1. The highest BCUT2D eigenvalue weighted by molar-refractivity contribution is 6.31. The number of nitrogens with one attached hydrogen (secondary N) is 1. The van der Waals surface area contributed by atoms with E-state index in [-0.39, 0.29) is 0 Å². The van der Waals surface area contributed by atoms with Crippen LogP contribution in [0, 0.1) is 0 Å². The van der Waals surface area contributed by atoms with Crippen molar-refractivity contribution in [3.63, 3.8) is 0 Å². The van der Waals surface area contributed by atoms with Gasteiger partial charge in [0.15, 0.2) is 0 Å². The molecule has 0 aliphatic carbocycles. The molecule has 0 saturated heterocycles. The van der Waals surface area contributed by atoms with Gasteiger partial charge in [-0.1, -0.05) is 16.8 Å². The highest BCUT2D eigenvalue weighted by atomic mass is 35.5. The van der Waals surface area contributed by atoms with Crippen molar-refractivity contribution in [1.82, 2.24) is 9.97 Å². The summed E-state index contributed by atoms with van der Waals surface area (Å²) >= 11 is 5.76.